The second-order valence-electron chi connectivity index (χ2n) is 5.32. The molecule has 2 N–H and O–H groups in total. The van der Waals surface area contributed by atoms with E-state index in [1.54, 1.807) is 0 Å². The maximum Gasteiger partial charge on any atom is 0.0230 e. The maximum absolute atomic E-state index is 8.21. The monoisotopic (exact) mass is 278 g/mol. The Morgan fingerprint density at radius 3 is 1.71 bits per heavy atom. The van der Waals surface area contributed by atoms with Crippen LogP contribution in [0.2, 0.25) is 0 Å². The summed E-state index contributed by atoms with van der Waals surface area (Å²) in [6.07, 6.45) is 1.90. The molecule has 0 spiro atoms. The average Bonchev–Trinajstić information content (AvgIpc) is 2.54. The molecule has 0 aliphatic heterocycles. The highest BCUT2D eigenvalue weighted by Gasteiger charge is 2.16. The first-order chi connectivity index (χ1) is 10.2. The first kappa shape index (κ1) is 15.2. The van der Waals surface area contributed by atoms with Crippen LogP contribution in [0.1, 0.15) is 43.2 Å². The van der Waals surface area contributed by atoms with Crippen molar-refractivity contribution in [2.45, 2.75) is 32.1 Å². The smallest absolute Gasteiger partial charge is 0.0230 e. The Hall–Kier alpha value is -2.22. The molecule has 2 nitrogen and oxygen atoms in total. The van der Waals surface area contributed by atoms with Crippen LogP contribution in [0.4, 0.5) is 0 Å². The lowest BCUT2D eigenvalue weighted by atomic mass is 9.86. The standard InChI is InChI=1S/C19H22N2/c1-2-17(20)13-18(21)14-19(15-9-5-3-6-10-15)16-11-7-4-8-12-16/h3-12,19-21H,2,13-14H2,1H3. The van der Waals surface area contributed by atoms with E-state index in [2.05, 4.69) is 24.3 Å². The highest BCUT2D eigenvalue weighted by Crippen LogP contribution is 2.28. The van der Waals surface area contributed by atoms with E-state index in [0.29, 0.717) is 24.3 Å². The van der Waals surface area contributed by atoms with Gasteiger partial charge in [0.1, 0.15) is 0 Å². The maximum atomic E-state index is 8.21. The van der Waals surface area contributed by atoms with Crippen molar-refractivity contribution in [3.05, 3.63) is 71.8 Å². The van der Waals surface area contributed by atoms with Crippen molar-refractivity contribution in [3.63, 3.8) is 0 Å². The Bertz CT molecular complexity index is 548. The van der Waals surface area contributed by atoms with Gasteiger partial charge in [-0.3, -0.25) is 0 Å². The first-order valence-electron chi connectivity index (χ1n) is 7.43. The molecule has 0 heterocycles. The lowest BCUT2D eigenvalue weighted by Gasteiger charge is -2.18. The molecule has 2 aromatic carbocycles. The van der Waals surface area contributed by atoms with Gasteiger partial charge in [0.05, 0.1) is 0 Å². The lowest BCUT2D eigenvalue weighted by Crippen LogP contribution is -2.11. The van der Waals surface area contributed by atoms with Crippen molar-refractivity contribution in [3.8, 4) is 0 Å². The largest absolute Gasteiger partial charge is 0.309 e. The van der Waals surface area contributed by atoms with E-state index in [9.17, 15) is 0 Å². The second kappa shape index (κ2) is 7.53. The van der Waals surface area contributed by atoms with Crippen LogP contribution in [0, 0.1) is 10.8 Å². The summed E-state index contributed by atoms with van der Waals surface area (Å²) < 4.78 is 0. The summed E-state index contributed by atoms with van der Waals surface area (Å²) in [7, 11) is 0. The van der Waals surface area contributed by atoms with Crippen molar-refractivity contribution in [1.82, 2.24) is 0 Å². The third-order valence-electron chi connectivity index (χ3n) is 3.71. The molecule has 2 aromatic rings. The number of hydrogen-bond donors (Lipinski definition) is 2. The zero-order chi connectivity index (χ0) is 15.1. The Labute approximate surface area is 126 Å². The lowest BCUT2D eigenvalue weighted by molar-refractivity contribution is 0.844. The van der Waals surface area contributed by atoms with Crippen molar-refractivity contribution in [2.24, 2.45) is 0 Å². The summed E-state index contributed by atoms with van der Waals surface area (Å²) >= 11 is 0. The summed E-state index contributed by atoms with van der Waals surface area (Å²) in [5.74, 6) is 0.199. The SMILES string of the molecule is CCC(=N)CC(=N)CC(c1ccccc1)c1ccccc1. The van der Waals surface area contributed by atoms with Crippen LogP contribution in [-0.4, -0.2) is 11.4 Å². The molecule has 0 saturated carbocycles. The minimum atomic E-state index is 0.199. The molecule has 0 radical (unpaired) electrons. The molecule has 2 heteroatoms. The molecule has 0 unspecified atom stereocenters. The fourth-order valence-corrected chi connectivity index (χ4v) is 2.50. The molecule has 0 saturated heterocycles. The Balaban J connectivity index is 2.21. The van der Waals surface area contributed by atoms with Crippen molar-refractivity contribution < 1.29 is 0 Å². The van der Waals surface area contributed by atoms with Crippen LogP contribution in [0.15, 0.2) is 60.7 Å². The summed E-state index contributed by atoms with van der Waals surface area (Å²) in [6.45, 7) is 1.97. The number of rotatable bonds is 7. The minimum absolute atomic E-state index is 0.199. The van der Waals surface area contributed by atoms with Crippen molar-refractivity contribution in [2.75, 3.05) is 0 Å². The molecule has 0 aliphatic rings. The van der Waals surface area contributed by atoms with Crippen LogP contribution >= 0.6 is 0 Å². The molecule has 108 valence electrons. The average molecular weight is 278 g/mol. The van der Waals surface area contributed by atoms with Crippen LogP contribution in [0.25, 0.3) is 0 Å². The normalized spacial score (nSPS) is 10.6. The zero-order valence-corrected chi connectivity index (χ0v) is 12.5. The molecular formula is C19H22N2. The van der Waals surface area contributed by atoms with Gasteiger partial charge in [0.2, 0.25) is 0 Å². The van der Waals surface area contributed by atoms with Crippen molar-refractivity contribution >= 4 is 11.4 Å². The molecule has 0 bridgehead atoms. The Morgan fingerprint density at radius 2 is 1.29 bits per heavy atom. The summed E-state index contributed by atoms with van der Waals surface area (Å²) in [5, 5.41) is 16.0. The van der Waals surface area contributed by atoms with E-state index in [0.717, 1.165) is 6.42 Å². The van der Waals surface area contributed by atoms with Crippen LogP contribution in [-0.2, 0) is 0 Å². The third-order valence-corrected chi connectivity index (χ3v) is 3.71. The molecule has 0 aliphatic carbocycles. The van der Waals surface area contributed by atoms with E-state index in [4.69, 9.17) is 10.8 Å². The third kappa shape index (κ3) is 4.38. The minimum Gasteiger partial charge on any atom is -0.309 e. The van der Waals surface area contributed by atoms with Gasteiger partial charge in [-0.2, -0.15) is 0 Å². The number of hydrogen-bond acceptors (Lipinski definition) is 2. The van der Waals surface area contributed by atoms with Crippen LogP contribution in [0.3, 0.4) is 0 Å². The van der Waals surface area contributed by atoms with E-state index in [1.807, 2.05) is 43.3 Å². The van der Waals surface area contributed by atoms with Crippen molar-refractivity contribution in [1.29, 1.82) is 10.8 Å². The fourth-order valence-electron chi connectivity index (χ4n) is 2.50. The Kier molecular flexibility index (Phi) is 5.44. The summed E-state index contributed by atoms with van der Waals surface area (Å²) in [4.78, 5) is 0. The molecule has 0 atom stereocenters. The predicted octanol–water partition coefficient (Wildman–Crippen LogP) is 5.05. The molecule has 0 aromatic heterocycles. The summed E-state index contributed by atoms with van der Waals surface area (Å²) in [6, 6.07) is 20.7. The highest BCUT2D eigenvalue weighted by molar-refractivity contribution is 6.02. The van der Waals surface area contributed by atoms with Gasteiger partial charge in [-0.15, -0.1) is 0 Å². The van der Waals surface area contributed by atoms with Gasteiger partial charge in [-0.25, -0.2) is 0 Å². The number of benzene rings is 2. The predicted molar refractivity (Wildman–Crippen MR) is 89.7 cm³/mol. The molecule has 0 amide bonds. The fraction of sp³-hybridized carbons (Fsp3) is 0.263. The van der Waals surface area contributed by atoms with Gasteiger partial charge >= 0.3 is 0 Å². The van der Waals surface area contributed by atoms with E-state index in [1.165, 1.54) is 11.1 Å². The second-order valence-corrected chi connectivity index (χ2v) is 5.32. The molecule has 0 fully saturated rings. The van der Waals surface area contributed by atoms with E-state index >= 15 is 0 Å². The van der Waals surface area contributed by atoms with Gasteiger partial charge in [-0.05, 0) is 24.0 Å². The Morgan fingerprint density at radius 1 is 0.810 bits per heavy atom. The first-order valence-corrected chi connectivity index (χ1v) is 7.43. The molecule has 21 heavy (non-hydrogen) atoms. The number of nitrogens with one attached hydrogen (secondary N) is 2. The van der Waals surface area contributed by atoms with Gasteiger partial charge in [0, 0.05) is 23.8 Å². The van der Waals surface area contributed by atoms with Crippen LogP contribution < -0.4 is 0 Å². The molecular weight excluding hydrogens is 256 g/mol. The highest BCUT2D eigenvalue weighted by atomic mass is 14.5. The van der Waals surface area contributed by atoms with Gasteiger partial charge in [-0.1, -0.05) is 67.6 Å². The zero-order valence-electron chi connectivity index (χ0n) is 12.5. The summed E-state index contributed by atoms with van der Waals surface area (Å²) in [5.41, 5.74) is 3.74. The van der Waals surface area contributed by atoms with Crippen LogP contribution in [0.5, 0.6) is 0 Å². The quantitative estimate of drug-likeness (QED) is 0.666. The van der Waals surface area contributed by atoms with Gasteiger partial charge in [0.25, 0.3) is 0 Å². The van der Waals surface area contributed by atoms with E-state index in [-0.39, 0.29) is 5.92 Å². The van der Waals surface area contributed by atoms with Gasteiger partial charge in [0.15, 0.2) is 0 Å². The molecule has 2 rings (SSSR count). The topological polar surface area (TPSA) is 47.7 Å². The van der Waals surface area contributed by atoms with E-state index < -0.39 is 0 Å². The van der Waals surface area contributed by atoms with Gasteiger partial charge < -0.3 is 10.8 Å².